The highest BCUT2D eigenvalue weighted by atomic mass is 35.5. The molecule has 0 spiro atoms. The lowest BCUT2D eigenvalue weighted by Crippen LogP contribution is -2.49. The number of ether oxygens (including phenoxy) is 1. The molecule has 3 aromatic rings. The van der Waals surface area contributed by atoms with Crippen LogP contribution < -0.4 is 10.1 Å². The number of fused-ring (bicyclic) bond motifs is 1. The molecule has 2 heterocycles. The molecule has 33 heavy (non-hydrogen) atoms. The average molecular weight is 487 g/mol. The van der Waals surface area contributed by atoms with Crippen molar-refractivity contribution < 1.29 is 19.4 Å². The highest BCUT2D eigenvalue weighted by Gasteiger charge is 2.36. The number of nitrogens with zero attached hydrogens (tertiary/aromatic N) is 3. The van der Waals surface area contributed by atoms with Crippen LogP contribution in [0.4, 0.5) is 0 Å². The van der Waals surface area contributed by atoms with Gasteiger partial charge in [-0.1, -0.05) is 35.9 Å². The smallest absolute Gasteiger partial charge is 0.255 e. The third-order valence-corrected chi connectivity index (χ3v) is 5.84. The zero-order valence-electron chi connectivity index (χ0n) is 17.6. The van der Waals surface area contributed by atoms with Crippen molar-refractivity contribution in [3.63, 3.8) is 0 Å². The molecule has 2 amide bonds. The summed E-state index contributed by atoms with van der Waals surface area (Å²) in [5.41, 5.74) is 2.98. The van der Waals surface area contributed by atoms with Gasteiger partial charge in [0.05, 0.1) is 30.6 Å². The summed E-state index contributed by atoms with van der Waals surface area (Å²) in [6.45, 7) is -0.0764. The minimum absolute atomic E-state index is 0.0379. The van der Waals surface area contributed by atoms with E-state index in [0.29, 0.717) is 27.6 Å². The van der Waals surface area contributed by atoms with Gasteiger partial charge in [-0.3, -0.25) is 9.59 Å². The van der Waals surface area contributed by atoms with Gasteiger partial charge >= 0.3 is 0 Å². The Morgan fingerprint density at radius 2 is 2.09 bits per heavy atom. The minimum Gasteiger partial charge on any atom is -0.497 e. The van der Waals surface area contributed by atoms with Gasteiger partial charge in [-0.05, 0) is 40.9 Å². The molecule has 4 rings (SSSR count). The maximum absolute atomic E-state index is 13.1. The van der Waals surface area contributed by atoms with Crippen LogP contribution in [0.2, 0.25) is 10.3 Å². The van der Waals surface area contributed by atoms with Crippen molar-refractivity contribution in [2.24, 2.45) is 0 Å². The van der Waals surface area contributed by atoms with Gasteiger partial charge in [0.2, 0.25) is 11.2 Å². The second kappa shape index (κ2) is 9.74. The molecule has 0 bridgehead atoms. The van der Waals surface area contributed by atoms with Crippen LogP contribution in [0.15, 0.2) is 48.7 Å². The van der Waals surface area contributed by atoms with Crippen molar-refractivity contribution in [2.45, 2.75) is 19.1 Å². The largest absolute Gasteiger partial charge is 0.497 e. The molecule has 8 nitrogen and oxygen atoms in total. The van der Waals surface area contributed by atoms with Crippen LogP contribution in [0, 0.1) is 0 Å². The number of aliphatic hydroxyl groups is 1. The Balaban J connectivity index is 1.51. The van der Waals surface area contributed by atoms with Crippen LogP contribution in [0.25, 0.3) is 11.3 Å². The predicted molar refractivity (Wildman–Crippen MR) is 123 cm³/mol. The van der Waals surface area contributed by atoms with Crippen molar-refractivity contribution in [3.8, 4) is 17.0 Å². The van der Waals surface area contributed by atoms with E-state index in [1.165, 1.54) is 11.1 Å². The van der Waals surface area contributed by atoms with E-state index in [1.807, 2.05) is 12.1 Å². The summed E-state index contributed by atoms with van der Waals surface area (Å²) in [6.07, 6.45) is 1.39. The zero-order valence-corrected chi connectivity index (χ0v) is 19.1. The van der Waals surface area contributed by atoms with Gasteiger partial charge in [0.15, 0.2) is 0 Å². The van der Waals surface area contributed by atoms with E-state index in [2.05, 4.69) is 15.3 Å². The number of benzene rings is 2. The number of rotatable bonds is 7. The fourth-order valence-electron chi connectivity index (χ4n) is 3.68. The Bertz CT molecular complexity index is 1220. The van der Waals surface area contributed by atoms with E-state index in [-0.39, 0.29) is 24.3 Å². The third-order valence-electron chi connectivity index (χ3n) is 5.38. The summed E-state index contributed by atoms with van der Waals surface area (Å²) in [4.78, 5) is 35.3. The van der Waals surface area contributed by atoms with Crippen molar-refractivity contribution in [1.82, 2.24) is 20.2 Å². The van der Waals surface area contributed by atoms with Gasteiger partial charge in [-0.15, -0.1) is 0 Å². The van der Waals surface area contributed by atoms with E-state index >= 15 is 0 Å². The van der Waals surface area contributed by atoms with Crippen molar-refractivity contribution >= 4 is 35.0 Å². The molecule has 1 atom stereocenters. The lowest BCUT2D eigenvalue weighted by molar-refractivity contribution is -0.127. The normalized spacial score (nSPS) is 13.6. The van der Waals surface area contributed by atoms with Gasteiger partial charge < -0.3 is 20.1 Å². The van der Waals surface area contributed by atoms with E-state index in [9.17, 15) is 14.7 Å². The number of aliphatic hydroxyl groups excluding tert-OH is 1. The molecule has 170 valence electrons. The second-order valence-corrected chi connectivity index (χ2v) is 8.15. The highest BCUT2D eigenvalue weighted by molar-refractivity contribution is 6.33. The van der Waals surface area contributed by atoms with E-state index < -0.39 is 18.6 Å². The fraction of sp³-hybridized carbons (Fsp3) is 0.217. The summed E-state index contributed by atoms with van der Waals surface area (Å²) in [5, 5.41) is 13.0. The molecule has 0 aliphatic carbocycles. The predicted octanol–water partition coefficient (Wildman–Crippen LogP) is 3.09. The maximum atomic E-state index is 13.1. The lowest BCUT2D eigenvalue weighted by Gasteiger charge is -2.25. The van der Waals surface area contributed by atoms with E-state index in [0.717, 1.165) is 11.1 Å². The van der Waals surface area contributed by atoms with Gasteiger partial charge in [0, 0.05) is 24.2 Å². The Morgan fingerprint density at radius 3 is 2.85 bits per heavy atom. The molecule has 1 aliphatic heterocycles. The maximum Gasteiger partial charge on any atom is 0.255 e. The van der Waals surface area contributed by atoms with Gasteiger partial charge in [-0.25, -0.2) is 9.97 Å². The van der Waals surface area contributed by atoms with Gasteiger partial charge in [0.25, 0.3) is 5.91 Å². The molecule has 2 aromatic carbocycles. The van der Waals surface area contributed by atoms with Gasteiger partial charge in [-0.2, -0.15) is 0 Å². The van der Waals surface area contributed by atoms with Crippen molar-refractivity contribution in [2.75, 3.05) is 13.7 Å². The van der Waals surface area contributed by atoms with E-state index in [1.54, 1.807) is 37.4 Å². The van der Waals surface area contributed by atoms with Crippen LogP contribution in [0.3, 0.4) is 0 Å². The molecule has 2 N–H and O–H groups in total. The number of methoxy groups -OCH3 is 1. The lowest BCUT2D eigenvalue weighted by atomic mass is 10.0. The fourth-order valence-corrected chi connectivity index (χ4v) is 4.02. The molecule has 0 radical (unpaired) electrons. The molecular formula is C23H20Cl2N4O4. The number of hydrogen-bond acceptors (Lipinski definition) is 6. The SMILES string of the molecule is COc1cccc(CNC(=O)C(CO)N2Cc3ccc(-c4nc(Cl)ncc4Cl)cc3C2=O)c1. The first-order valence-corrected chi connectivity index (χ1v) is 10.8. The monoisotopic (exact) mass is 486 g/mol. The van der Waals surface area contributed by atoms with Crippen molar-refractivity contribution in [1.29, 1.82) is 0 Å². The number of aromatic nitrogens is 2. The first-order chi connectivity index (χ1) is 15.9. The number of nitrogens with one attached hydrogen (secondary N) is 1. The molecule has 0 saturated carbocycles. The molecule has 10 heteroatoms. The Hall–Kier alpha value is -3.20. The van der Waals surface area contributed by atoms with Crippen LogP contribution in [-0.4, -0.2) is 51.5 Å². The number of hydrogen-bond donors (Lipinski definition) is 2. The molecule has 1 unspecified atom stereocenters. The Labute approximate surface area is 200 Å². The average Bonchev–Trinajstić information content (AvgIpc) is 3.15. The van der Waals surface area contributed by atoms with Gasteiger partial charge in [0.1, 0.15) is 11.8 Å². The topological polar surface area (TPSA) is 105 Å². The first kappa shape index (κ1) is 23.0. The number of amides is 2. The number of carbonyl (C=O) groups is 2. The van der Waals surface area contributed by atoms with E-state index in [4.69, 9.17) is 27.9 Å². The molecule has 1 aromatic heterocycles. The first-order valence-electron chi connectivity index (χ1n) is 10.0. The van der Waals surface area contributed by atoms with Crippen LogP contribution >= 0.6 is 23.2 Å². The zero-order chi connectivity index (χ0) is 23.5. The molecule has 0 saturated heterocycles. The summed E-state index contributed by atoms with van der Waals surface area (Å²) in [5.74, 6) is -0.141. The standard InChI is InChI=1S/C23H20Cl2N4O4/c1-33-16-4-2-3-13(7-16)9-26-21(31)19(12-30)29-11-15-6-5-14(8-17(15)22(29)32)20-18(24)10-27-23(25)28-20/h2-8,10,19,30H,9,11-12H2,1H3,(H,26,31). The van der Waals surface area contributed by atoms with Crippen LogP contribution in [0.5, 0.6) is 5.75 Å². The third kappa shape index (κ3) is 4.78. The quantitative estimate of drug-likeness (QED) is 0.497. The van der Waals surface area contributed by atoms with Crippen LogP contribution in [-0.2, 0) is 17.9 Å². The summed E-state index contributed by atoms with van der Waals surface area (Å²) in [7, 11) is 1.56. The molecule has 1 aliphatic rings. The van der Waals surface area contributed by atoms with Crippen molar-refractivity contribution in [3.05, 3.63) is 75.7 Å². The second-order valence-electron chi connectivity index (χ2n) is 7.41. The van der Waals surface area contributed by atoms with Crippen LogP contribution in [0.1, 0.15) is 21.5 Å². The summed E-state index contributed by atoms with van der Waals surface area (Å²) in [6, 6.07) is 11.4. The number of carbonyl (C=O) groups excluding carboxylic acids is 2. The molecule has 0 fully saturated rings. The summed E-state index contributed by atoms with van der Waals surface area (Å²) < 4.78 is 5.19. The Morgan fingerprint density at radius 1 is 1.27 bits per heavy atom. The summed E-state index contributed by atoms with van der Waals surface area (Å²) >= 11 is 12.1. The minimum atomic E-state index is -1.03. The Kier molecular flexibility index (Phi) is 6.78. The molecular weight excluding hydrogens is 467 g/mol. The highest BCUT2D eigenvalue weighted by Crippen LogP contribution is 2.32. The number of halogens is 2.